The van der Waals surface area contributed by atoms with Gasteiger partial charge >= 0.3 is 5.97 Å². The second-order valence-electron chi connectivity index (χ2n) is 8.45. The maximum atomic E-state index is 12.9. The Balaban J connectivity index is 1.42. The fourth-order valence-corrected chi connectivity index (χ4v) is 4.91. The summed E-state index contributed by atoms with van der Waals surface area (Å²) in [4.78, 5) is 37.9. The van der Waals surface area contributed by atoms with Crippen LogP contribution in [0.2, 0.25) is 0 Å². The first-order chi connectivity index (χ1) is 17.0. The molecule has 0 radical (unpaired) electrons. The molecule has 0 spiro atoms. The van der Waals surface area contributed by atoms with Gasteiger partial charge in [0, 0.05) is 17.7 Å². The minimum atomic E-state index is -1.08. The summed E-state index contributed by atoms with van der Waals surface area (Å²) in [5, 5.41) is 19.0. The van der Waals surface area contributed by atoms with Crippen LogP contribution in [0.4, 0.5) is 0 Å². The predicted octanol–water partition coefficient (Wildman–Crippen LogP) is 4.94. The Morgan fingerprint density at radius 2 is 1.97 bits per heavy atom. The number of aliphatic carboxylic acids is 1. The third kappa shape index (κ3) is 5.92. The van der Waals surface area contributed by atoms with E-state index in [0.717, 1.165) is 39.8 Å². The summed E-state index contributed by atoms with van der Waals surface area (Å²) in [6.45, 7) is 2.86. The number of aromatic nitrogens is 3. The number of ketones is 1. The number of ether oxygens (including phenoxy) is 1. The van der Waals surface area contributed by atoms with Crippen LogP contribution in [-0.4, -0.2) is 38.5 Å². The summed E-state index contributed by atoms with van der Waals surface area (Å²) >= 11 is 1.34. The summed E-state index contributed by atoms with van der Waals surface area (Å²) in [6, 6.07) is 14.4. The quantitative estimate of drug-likeness (QED) is 0.220. The molecule has 9 heteroatoms. The van der Waals surface area contributed by atoms with Crippen molar-refractivity contribution in [2.24, 2.45) is 5.92 Å². The minimum absolute atomic E-state index is 0.0616. The number of rotatable bonds is 12. The molecular weight excluding hydrogens is 466 g/mol. The Kier molecular flexibility index (Phi) is 7.87. The first-order valence-electron chi connectivity index (χ1n) is 11.7. The zero-order valence-corrected chi connectivity index (χ0v) is 20.3. The average molecular weight is 494 g/mol. The van der Waals surface area contributed by atoms with Crippen molar-refractivity contribution in [1.82, 2.24) is 15.0 Å². The van der Waals surface area contributed by atoms with Gasteiger partial charge in [0.25, 0.3) is 5.56 Å². The molecule has 1 N–H and O–H groups in total. The van der Waals surface area contributed by atoms with Crippen LogP contribution in [0.1, 0.15) is 48.7 Å². The van der Waals surface area contributed by atoms with Gasteiger partial charge in [-0.2, -0.15) is 0 Å². The molecule has 0 fully saturated rings. The summed E-state index contributed by atoms with van der Waals surface area (Å²) in [5.74, 6) is -1.49. The summed E-state index contributed by atoms with van der Waals surface area (Å²) in [6.07, 6.45) is 3.18. The summed E-state index contributed by atoms with van der Waals surface area (Å²) in [7, 11) is 0. The van der Waals surface area contributed by atoms with Gasteiger partial charge in [-0.25, -0.2) is 4.68 Å². The third-order valence-electron chi connectivity index (χ3n) is 5.88. The van der Waals surface area contributed by atoms with Crippen molar-refractivity contribution in [2.75, 3.05) is 6.61 Å². The number of Topliss-reactive ketones (excluding diaryl/α,β-unsaturated/α-hetero) is 1. The van der Waals surface area contributed by atoms with Crippen LogP contribution >= 0.6 is 11.3 Å². The van der Waals surface area contributed by atoms with E-state index in [4.69, 9.17) is 4.74 Å². The number of unbranched alkanes of at least 4 members (excludes halogenated alkanes) is 2. The lowest BCUT2D eigenvalue weighted by atomic mass is 9.98. The van der Waals surface area contributed by atoms with Gasteiger partial charge in [-0.05, 0) is 54.6 Å². The molecule has 2 aromatic heterocycles. The topological polar surface area (TPSA) is 111 Å². The van der Waals surface area contributed by atoms with Gasteiger partial charge in [-0.15, -0.1) is 16.4 Å². The molecule has 0 saturated heterocycles. The lowest BCUT2D eigenvalue weighted by Gasteiger charge is -2.11. The fourth-order valence-electron chi connectivity index (χ4n) is 3.87. The number of thiophene rings is 1. The van der Waals surface area contributed by atoms with Crippen molar-refractivity contribution >= 4 is 44.1 Å². The SMILES string of the molecule is CCCCCOc1ccc2cc(C(=O)CC(CCn3nnc4ccccc4c3=O)C(=O)O)sc2c1. The van der Waals surface area contributed by atoms with E-state index in [1.54, 1.807) is 30.3 Å². The molecular formula is C26H27N3O5S. The zero-order valence-electron chi connectivity index (χ0n) is 19.5. The number of carboxylic acid groups (broad SMARTS) is 1. The first kappa shape index (κ1) is 24.5. The highest BCUT2D eigenvalue weighted by Crippen LogP contribution is 2.31. The number of hydrogen-bond donors (Lipinski definition) is 1. The molecule has 0 aliphatic rings. The van der Waals surface area contributed by atoms with Crippen molar-refractivity contribution < 1.29 is 19.4 Å². The van der Waals surface area contributed by atoms with Crippen molar-refractivity contribution in [3.63, 3.8) is 0 Å². The average Bonchev–Trinajstić information content (AvgIpc) is 3.29. The van der Waals surface area contributed by atoms with E-state index < -0.39 is 11.9 Å². The maximum Gasteiger partial charge on any atom is 0.307 e. The molecule has 0 bridgehead atoms. The Morgan fingerprint density at radius 3 is 2.77 bits per heavy atom. The van der Waals surface area contributed by atoms with Gasteiger partial charge in [-0.3, -0.25) is 14.4 Å². The summed E-state index contributed by atoms with van der Waals surface area (Å²) in [5.41, 5.74) is 0.154. The molecule has 0 aliphatic heterocycles. The van der Waals surface area contributed by atoms with E-state index in [2.05, 4.69) is 17.2 Å². The highest BCUT2D eigenvalue weighted by atomic mass is 32.1. The standard InChI is InChI=1S/C26H27N3O5S/c1-2-3-6-13-34-19-10-9-17-15-24(35-23(17)16-19)22(30)14-18(26(32)33)11-12-29-25(31)20-7-4-5-8-21(20)27-28-29/h4-5,7-10,15-16,18H,2-3,6,11-14H2,1H3,(H,32,33). The van der Waals surface area contributed by atoms with Crippen molar-refractivity contribution in [1.29, 1.82) is 0 Å². The number of fused-ring (bicyclic) bond motifs is 2. The molecule has 35 heavy (non-hydrogen) atoms. The smallest absolute Gasteiger partial charge is 0.307 e. The second-order valence-corrected chi connectivity index (χ2v) is 9.54. The number of aryl methyl sites for hydroxylation is 1. The lowest BCUT2D eigenvalue weighted by molar-refractivity contribution is -0.142. The molecule has 0 amide bonds. The largest absolute Gasteiger partial charge is 0.494 e. The number of benzene rings is 2. The molecule has 4 aromatic rings. The number of nitrogens with zero attached hydrogens (tertiary/aromatic N) is 3. The van der Waals surface area contributed by atoms with E-state index >= 15 is 0 Å². The molecule has 2 aromatic carbocycles. The fraction of sp³-hybridized carbons (Fsp3) is 0.346. The van der Waals surface area contributed by atoms with Gasteiger partial charge in [0.05, 0.1) is 22.8 Å². The number of carboxylic acids is 1. The van der Waals surface area contributed by atoms with Gasteiger partial charge in [0.2, 0.25) is 0 Å². The molecule has 0 aliphatic carbocycles. The lowest BCUT2D eigenvalue weighted by Crippen LogP contribution is -2.27. The van der Waals surface area contributed by atoms with Crippen molar-refractivity contribution in [3.05, 3.63) is 63.8 Å². The van der Waals surface area contributed by atoms with Crippen LogP contribution in [-0.2, 0) is 11.3 Å². The van der Waals surface area contributed by atoms with Crippen LogP contribution in [0.3, 0.4) is 0 Å². The summed E-state index contributed by atoms with van der Waals surface area (Å²) < 4.78 is 7.88. The highest BCUT2D eigenvalue weighted by molar-refractivity contribution is 7.20. The predicted molar refractivity (Wildman–Crippen MR) is 135 cm³/mol. The van der Waals surface area contributed by atoms with E-state index in [0.29, 0.717) is 22.4 Å². The Morgan fingerprint density at radius 1 is 1.14 bits per heavy atom. The van der Waals surface area contributed by atoms with Gasteiger partial charge < -0.3 is 9.84 Å². The Bertz CT molecular complexity index is 1410. The second kappa shape index (κ2) is 11.2. The van der Waals surface area contributed by atoms with E-state index in [-0.39, 0.29) is 30.7 Å². The normalized spacial score (nSPS) is 12.1. The van der Waals surface area contributed by atoms with E-state index in [9.17, 15) is 19.5 Å². The van der Waals surface area contributed by atoms with Crippen molar-refractivity contribution in [3.8, 4) is 5.75 Å². The third-order valence-corrected chi connectivity index (χ3v) is 7.02. The van der Waals surface area contributed by atoms with Gasteiger partial charge in [0.15, 0.2) is 5.78 Å². The van der Waals surface area contributed by atoms with Gasteiger partial charge in [-0.1, -0.05) is 37.1 Å². The van der Waals surface area contributed by atoms with Crippen LogP contribution < -0.4 is 10.3 Å². The molecule has 1 atom stereocenters. The first-order valence-corrected chi connectivity index (χ1v) is 12.5. The van der Waals surface area contributed by atoms with Crippen molar-refractivity contribution in [2.45, 2.75) is 45.6 Å². The molecule has 8 nitrogen and oxygen atoms in total. The maximum absolute atomic E-state index is 12.9. The number of carbonyl (C=O) groups excluding carboxylic acids is 1. The Labute approximate surface area is 206 Å². The van der Waals surface area contributed by atoms with Crippen LogP contribution in [0.15, 0.2) is 53.3 Å². The monoisotopic (exact) mass is 493 g/mol. The minimum Gasteiger partial charge on any atom is -0.494 e. The van der Waals surface area contributed by atoms with Crippen LogP contribution in [0, 0.1) is 5.92 Å². The van der Waals surface area contributed by atoms with Crippen LogP contribution in [0.5, 0.6) is 5.75 Å². The van der Waals surface area contributed by atoms with E-state index in [1.165, 1.54) is 11.3 Å². The van der Waals surface area contributed by atoms with Crippen LogP contribution in [0.25, 0.3) is 21.0 Å². The highest BCUT2D eigenvalue weighted by Gasteiger charge is 2.24. The zero-order chi connectivity index (χ0) is 24.8. The molecule has 1 unspecified atom stereocenters. The molecule has 182 valence electrons. The van der Waals surface area contributed by atoms with E-state index in [1.807, 2.05) is 18.2 Å². The molecule has 2 heterocycles. The number of carbonyl (C=O) groups is 2. The molecule has 4 rings (SSSR count). The number of hydrogen-bond acceptors (Lipinski definition) is 7. The molecule has 0 saturated carbocycles. The van der Waals surface area contributed by atoms with Gasteiger partial charge in [0.1, 0.15) is 11.3 Å². The Hall–Kier alpha value is -3.59.